The highest BCUT2D eigenvalue weighted by Crippen LogP contribution is 2.43. The zero-order chi connectivity index (χ0) is 42.4. The molecule has 3 N–H and O–H groups in total. The minimum Gasteiger partial charge on any atom is -0.477 e. The lowest BCUT2D eigenvalue weighted by Gasteiger charge is -2.49. The van der Waals surface area contributed by atoms with E-state index in [2.05, 4.69) is 15.8 Å². The van der Waals surface area contributed by atoms with Crippen LogP contribution in [-0.2, 0) is 41.3 Å². The van der Waals surface area contributed by atoms with Crippen LogP contribution in [0.5, 0.6) is 0 Å². The van der Waals surface area contributed by atoms with Crippen molar-refractivity contribution in [2.75, 3.05) is 23.4 Å². The van der Waals surface area contributed by atoms with Crippen LogP contribution in [0.3, 0.4) is 0 Å². The van der Waals surface area contributed by atoms with Crippen molar-refractivity contribution in [1.82, 2.24) is 15.2 Å². The lowest BCUT2D eigenvalue weighted by molar-refractivity contribution is -0.671. The quantitative estimate of drug-likeness (QED) is 0.0216. The molecule has 2 aliphatic rings. The minimum atomic E-state index is -1.22. The van der Waals surface area contributed by atoms with Crippen molar-refractivity contribution in [2.24, 2.45) is 12.2 Å². The van der Waals surface area contributed by atoms with Gasteiger partial charge in [-0.15, -0.1) is 34.9 Å². The molecule has 3 aromatic carbocycles. The number of carboxylic acids is 1. The van der Waals surface area contributed by atoms with E-state index in [1.807, 2.05) is 127 Å². The molecule has 2 aromatic heterocycles. The Kier molecular flexibility index (Phi) is 12.7. The van der Waals surface area contributed by atoms with Crippen LogP contribution in [0.2, 0.25) is 0 Å². The fourth-order valence-electron chi connectivity index (χ4n) is 6.86. The summed E-state index contributed by atoms with van der Waals surface area (Å²) in [5, 5.41) is 22.2. The van der Waals surface area contributed by atoms with Crippen LogP contribution in [0.4, 0.5) is 5.13 Å². The van der Waals surface area contributed by atoms with E-state index in [-0.39, 0.29) is 17.1 Å². The van der Waals surface area contributed by atoms with Gasteiger partial charge in [0.25, 0.3) is 11.8 Å². The van der Waals surface area contributed by atoms with Gasteiger partial charge in [0, 0.05) is 33.9 Å². The number of aliphatic carboxylic acids is 1. The average molecular weight is 864 g/mol. The normalized spacial score (nSPS) is 16.7. The van der Waals surface area contributed by atoms with Crippen LogP contribution in [0.25, 0.3) is 0 Å². The molecule has 4 heterocycles. The van der Waals surface area contributed by atoms with Crippen LogP contribution in [0.1, 0.15) is 43.2 Å². The minimum absolute atomic E-state index is 0.0771. The molecule has 0 saturated carbocycles. The van der Waals surface area contributed by atoms with Gasteiger partial charge >= 0.3 is 11.9 Å². The van der Waals surface area contributed by atoms with Gasteiger partial charge in [-0.25, -0.2) is 19.1 Å². The predicted molar refractivity (Wildman–Crippen MR) is 231 cm³/mol. The van der Waals surface area contributed by atoms with Crippen LogP contribution in [0.15, 0.2) is 142 Å². The fourth-order valence-corrected chi connectivity index (χ4v) is 9.98. The first-order valence-corrected chi connectivity index (χ1v) is 21.9. The predicted octanol–water partition coefficient (Wildman–Crippen LogP) is 5.96. The number of nitrogens with one attached hydrogen (secondary N) is 2. The number of oxime groups is 1. The number of pyridine rings is 1. The summed E-state index contributed by atoms with van der Waals surface area (Å²) in [6, 6.07) is 32.7. The molecule has 0 radical (unpaired) electrons. The molecule has 13 nitrogen and oxygen atoms in total. The molecule has 0 unspecified atom stereocenters. The van der Waals surface area contributed by atoms with Crippen molar-refractivity contribution in [3.8, 4) is 0 Å². The number of benzene rings is 3. The molecule has 60 heavy (non-hydrogen) atoms. The summed E-state index contributed by atoms with van der Waals surface area (Å²) in [7, 11) is 1.91. The van der Waals surface area contributed by atoms with E-state index in [1.54, 1.807) is 26.2 Å². The zero-order valence-electron chi connectivity index (χ0n) is 33.2. The van der Waals surface area contributed by atoms with E-state index in [1.165, 1.54) is 39.8 Å². The van der Waals surface area contributed by atoms with E-state index >= 15 is 0 Å². The van der Waals surface area contributed by atoms with Crippen molar-refractivity contribution in [3.05, 3.63) is 155 Å². The second-order valence-electron chi connectivity index (χ2n) is 14.9. The van der Waals surface area contributed by atoms with Gasteiger partial charge in [0.1, 0.15) is 41.0 Å². The number of aromatic nitrogens is 2. The lowest BCUT2D eigenvalue weighted by atomic mass is 9.77. The van der Waals surface area contributed by atoms with Crippen molar-refractivity contribution in [1.29, 1.82) is 0 Å². The summed E-state index contributed by atoms with van der Waals surface area (Å²) in [6.45, 7) is 4.56. The van der Waals surface area contributed by atoms with Crippen molar-refractivity contribution < 1.29 is 38.4 Å². The number of aryl methyl sites for hydroxylation is 1. The Hall–Kier alpha value is -5.97. The molecule has 5 aromatic rings. The third kappa shape index (κ3) is 9.25. The highest BCUT2D eigenvalue weighted by molar-refractivity contribution is 8.01. The molecule has 2 amide bonds. The highest BCUT2D eigenvalue weighted by atomic mass is 32.2. The summed E-state index contributed by atoms with van der Waals surface area (Å²) < 4.78 is 7.26. The van der Waals surface area contributed by atoms with Gasteiger partial charge in [-0.05, 0) is 43.0 Å². The monoisotopic (exact) mass is 863 g/mol. The van der Waals surface area contributed by atoms with Crippen molar-refractivity contribution in [2.45, 2.75) is 48.2 Å². The Morgan fingerprint density at radius 3 is 2.07 bits per heavy atom. The van der Waals surface area contributed by atoms with Crippen LogP contribution in [-0.4, -0.2) is 79.6 Å². The highest BCUT2D eigenvalue weighted by Gasteiger charge is 2.54. The van der Waals surface area contributed by atoms with Crippen molar-refractivity contribution >= 4 is 69.5 Å². The molecule has 2 atom stereocenters. The van der Waals surface area contributed by atoms with Gasteiger partial charge in [-0.3, -0.25) is 14.5 Å². The number of esters is 1. The standard InChI is InChI=1S/C44H42N6O7S3/c1-43(2,3)57-34(51)24-56-48-35(38(52)46-36-39(53)50-37(41(54)55)28(26-59-40(36)50)25-58-32-20-22-49(4)23-21-32)33-27-60-42(45-33)47-44(29-14-8-5-9-15-29,30-16-10-6-11-17-30)31-18-12-7-13-19-31/h5-23,27,36,40H,24-26H2,1-4H3,(H2-,45,46,47,52,54,55)/p+1/b48-35-/t36-,40-/m1/s1. The molecule has 1 saturated heterocycles. The first-order chi connectivity index (χ1) is 28.8. The van der Waals surface area contributed by atoms with E-state index in [9.17, 15) is 24.3 Å². The number of hydrogen-bond donors (Lipinski definition) is 3. The molecule has 0 bridgehead atoms. The number of carbonyl (C=O) groups excluding carboxylic acids is 3. The van der Waals surface area contributed by atoms with E-state index in [4.69, 9.17) is 14.6 Å². The number of carboxylic acid groups (broad SMARTS) is 1. The number of nitrogens with zero attached hydrogens (tertiary/aromatic N) is 4. The maximum Gasteiger partial charge on any atom is 0.352 e. The molecule has 1 fully saturated rings. The van der Waals surface area contributed by atoms with Crippen LogP contribution >= 0.6 is 34.9 Å². The third-order valence-electron chi connectivity index (χ3n) is 9.53. The summed E-state index contributed by atoms with van der Waals surface area (Å²) in [5.41, 5.74) is 1.48. The maximum absolute atomic E-state index is 14.2. The Balaban J connectivity index is 1.17. The Bertz CT molecular complexity index is 2320. The number of thiazole rings is 1. The molecule has 0 spiro atoms. The summed E-state index contributed by atoms with van der Waals surface area (Å²) in [5.74, 6) is -2.55. The Morgan fingerprint density at radius 1 is 0.933 bits per heavy atom. The molecule has 2 aliphatic heterocycles. The first-order valence-electron chi connectivity index (χ1n) is 19.0. The number of anilines is 1. The molecule has 308 valence electrons. The van der Waals surface area contributed by atoms with Gasteiger partial charge in [0.2, 0.25) is 6.61 Å². The van der Waals surface area contributed by atoms with Gasteiger partial charge in [-0.1, -0.05) is 96.2 Å². The smallest absolute Gasteiger partial charge is 0.352 e. The summed E-state index contributed by atoms with van der Waals surface area (Å²) >= 11 is 4.09. The number of amides is 2. The number of hydrogen-bond acceptors (Lipinski definition) is 12. The van der Waals surface area contributed by atoms with Gasteiger partial charge in [-0.2, -0.15) is 0 Å². The fraction of sp³-hybridized carbons (Fsp3) is 0.250. The molecule has 7 rings (SSSR count). The van der Waals surface area contributed by atoms with E-state index in [0.29, 0.717) is 22.2 Å². The van der Waals surface area contributed by atoms with Crippen LogP contribution < -0.4 is 15.2 Å². The van der Waals surface area contributed by atoms with Crippen molar-refractivity contribution in [3.63, 3.8) is 0 Å². The average Bonchev–Trinajstić information content (AvgIpc) is 3.70. The van der Waals surface area contributed by atoms with E-state index < -0.39 is 52.9 Å². The molecule has 16 heteroatoms. The number of β-lactam (4-membered cyclic amide) rings is 1. The first kappa shape index (κ1) is 42.2. The zero-order valence-corrected chi connectivity index (χ0v) is 35.7. The second-order valence-corrected chi connectivity index (χ2v) is 17.9. The number of thioether (sulfide) groups is 2. The topological polar surface area (TPSA) is 163 Å². The molecular weight excluding hydrogens is 821 g/mol. The largest absolute Gasteiger partial charge is 0.477 e. The second kappa shape index (κ2) is 18.1. The van der Waals surface area contributed by atoms with Gasteiger partial charge in [0.15, 0.2) is 23.2 Å². The SMILES string of the molecule is C[n+]1ccc(SCC2=C(C(=O)O)N3C(=O)[C@@H](NC(=O)/C(=N\OCC(=O)OC(C)(C)C)c4csc(NC(c5ccccc5)(c5ccccc5)c5ccccc5)n4)[C@H]3SC2)cc1. The van der Waals surface area contributed by atoms with Gasteiger partial charge < -0.3 is 25.3 Å². The summed E-state index contributed by atoms with van der Waals surface area (Å²) in [6.07, 6.45) is 3.81. The number of ether oxygens (including phenoxy) is 1. The molecule has 0 aliphatic carbocycles. The maximum atomic E-state index is 14.2. The molecular formula is C44H43N6O7S3+. The number of fused-ring (bicyclic) bond motifs is 1. The Morgan fingerprint density at radius 2 is 1.52 bits per heavy atom. The lowest BCUT2D eigenvalue weighted by Crippen LogP contribution is -2.71. The Labute approximate surface area is 359 Å². The third-order valence-corrected chi connectivity index (χ3v) is 12.7. The van der Waals surface area contributed by atoms with Gasteiger partial charge in [0.05, 0.1) is 0 Å². The summed E-state index contributed by atoms with van der Waals surface area (Å²) in [4.78, 5) is 65.4. The van der Waals surface area contributed by atoms with E-state index in [0.717, 1.165) is 21.6 Å². The number of rotatable bonds is 15. The number of carbonyl (C=O) groups is 4. The van der Waals surface area contributed by atoms with Crippen LogP contribution in [0, 0.1) is 0 Å².